The van der Waals surface area contributed by atoms with Crippen molar-refractivity contribution < 1.29 is 9.84 Å². The predicted octanol–water partition coefficient (Wildman–Crippen LogP) is 0.963. The van der Waals surface area contributed by atoms with Crippen molar-refractivity contribution in [3.05, 3.63) is 12.2 Å². The maximum atomic E-state index is 8.42. The summed E-state index contributed by atoms with van der Waals surface area (Å²) in [6.45, 7) is 4.20. The Labute approximate surface area is 67.9 Å². The molecule has 0 bridgehead atoms. The number of ether oxygens (including phenoxy) is 1. The summed E-state index contributed by atoms with van der Waals surface area (Å²) in [5.41, 5.74) is 0. The normalized spacial score (nSPS) is 12.6. The van der Waals surface area contributed by atoms with Gasteiger partial charge in [-0.05, 0) is 13.8 Å². The quantitative estimate of drug-likeness (QED) is 0.483. The third kappa shape index (κ3) is 7.11. The molecular weight excluding hydrogens is 140 g/mol. The van der Waals surface area contributed by atoms with E-state index in [1.54, 1.807) is 19.1 Å². The summed E-state index contributed by atoms with van der Waals surface area (Å²) >= 11 is 0. The van der Waals surface area contributed by atoms with Crippen LogP contribution in [0, 0.1) is 11.8 Å². The molecular formula is C9H14O2. The van der Waals surface area contributed by atoms with Gasteiger partial charge in [-0.3, -0.25) is 0 Å². The summed E-state index contributed by atoms with van der Waals surface area (Å²) in [4.78, 5) is 0. The molecule has 0 unspecified atom stereocenters. The molecule has 0 rings (SSSR count). The molecule has 0 aliphatic rings. The number of aliphatic hydroxyl groups excluding tert-OH is 1. The third-order valence-electron chi connectivity index (χ3n) is 1.11. The third-order valence-corrected chi connectivity index (χ3v) is 1.11. The predicted molar refractivity (Wildman–Crippen MR) is 45.1 cm³/mol. The van der Waals surface area contributed by atoms with Crippen molar-refractivity contribution >= 4 is 0 Å². The Hall–Kier alpha value is -0.780. The van der Waals surface area contributed by atoms with Crippen LogP contribution in [0.5, 0.6) is 0 Å². The summed E-state index contributed by atoms with van der Waals surface area (Å²) in [5.74, 6) is 5.52. The van der Waals surface area contributed by atoms with Crippen LogP contribution in [0.15, 0.2) is 12.2 Å². The van der Waals surface area contributed by atoms with Crippen LogP contribution in [-0.4, -0.2) is 24.4 Å². The second-order valence-corrected chi connectivity index (χ2v) is 2.05. The molecule has 0 amide bonds. The highest BCUT2D eigenvalue weighted by molar-refractivity contribution is 4.96. The molecule has 0 heterocycles. The lowest BCUT2D eigenvalue weighted by Gasteiger charge is -2.03. The van der Waals surface area contributed by atoms with E-state index in [9.17, 15) is 0 Å². The lowest BCUT2D eigenvalue weighted by Crippen LogP contribution is -2.04. The topological polar surface area (TPSA) is 29.5 Å². The van der Waals surface area contributed by atoms with Gasteiger partial charge in [-0.15, -0.1) is 5.92 Å². The molecule has 0 aromatic heterocycles. The molecule has 0 radical (unpaired) electrons. The average Bonchev–Trinajstić information content (AvgIpc) is 2.01. The van der Waals surface area contributed by atoms with Gasteiger partial charge in [-0.2, -0.15) is 0 Å². The van der Waals surface area contributed by atoms with E-state index in [1.165, 1.54) is 0 Å². The minimum Gasteiger partial charge on any atom is -0.392 e. The Bertz CT molecular complexity index is 162. The Balaban J connectivity index is 3.41. The first-order chi connectivity index (χ1) is 5.31. The zero-order valence-electron chi connectivity index (χ0n) is 7.00. The summed E-state index contributed by atoms with van der Waals surface area (Å²) in [6.07, 6.45) is 3.49. The molecule has 0 aromatic carbocycles. The highest BCUT2D eigenvalue weighted by atomic mass is 16.5. The lowest BCUT2D eigenvalue weighted by molar-refractivity contribution is 0.127. The molecule has 0 aliphatic heterocycles. The van der Waals surface area contributed by atoms with Crippen molar-refractivity contribution in [2.75, 3.05) is 13.2 Å². The van der Waals surface area contributed by atoms with Crippen molar-refractivity contribution in [3.8, 4) is 11.8 Å². The first kappa shape index (κ1) is 10.2. The molecule has 2 nitrogen and oxygen atoms in total. The SMILES string of the molecule is CC#CCO[C@@H](C)/C=C/CO. The van der Waals surface area contributed by atoms with E-state index in [2.05, 4.69) is 11.8 Å². The maximum Gasteiger partial charge on any atom is 0.108 e. The fourth-order valence-electron chi connectivity index (χ4n) is 0.553. The minimum absolute atomic E-state index is 0.0306. The van der Waals surface area contributed by atoms with Crippen LogP contribution < -0.4 is 0 Å². The molecule has 0 aliphatic carbocycles. The second kappa shape index (κ2) is 7.33. The first-order valence-electron chi connectivity index (χ1n) is 3.60. The number of rotatable bonds is 4. The molecule has 11 heavy (non-hydrogen) atoms. The smallest absolute Gasteiger partial charge is 0.108 e. The van der Waals surface area contributed by atoms with Gasteiger partial charge in [0.25, 0.3) is 0 Å². The molecule has 0 saturated carbocycles. The van der Waals surface area contributed by atoms with E-state index < -0.39 is 0 Å². The standard InChI is InChI=1S/C9H14O2/c1-3-4-8-11-9(2)6-5-7-10/h5-6,9-10H,7-8H2,1-2H3/b6-5+/t9-/m0/s1. The van der Waals surface area contributed by atoms with E-state index in [0.717, 1.165) is 0 Å². The summed E-state index contributed by atoms with van der Waals surface area (Å²) < 4.78 is 5.21. The van der Waals surface area contributed by atoms with E-state index in [-0.39, 0.29) is 12.7 Å². The average molecular weight is 154 g/mol. The number of aliphatic hydroxyl groups is 1. The van der Waals surface area contributed by atoms with Crippen LogP contribution in [0.2, 0.25) is 0 Å². The van der Waals surface area contributed by atoms with Gasteiger partial charge in [0, 0.05) is 0 Å². The van der Waals surface area contributed by atoms with Gasteiger partial charge in [0.2, 0.25) is 0 Å². The zero-order chi connectivity index (χ0) is 8.53. The summed E-state index contributed by atoms with van der Waals surface area (Å²) in [7, 11) is 0. The summed E-state index contributed by atoms with van der Waals surface area (Å²) in [6, 6.07) is 0. The van der Waals surface area contributed by atoms with Crippen LogP contribution in [0.3, 0.4) is 0 Å². The van der Waals surface area contributed by atoms with Crippen LogP contribution in [0.25, 0.3) is 0 Å². The van der Waals surface area contributed by atoms with Gasteiger partial charge in [0.15, 0.2) is 0 Å². The number of hydrogen-bond acceptors (Lipinski definition) is 2. The molecule has 1 atom stereocenters. The fourth-order valence-corrected chi connectivity index (χ4v) is 0.553. The summed E-state index contributed by atoms with van der Waals surface area (Å²) in [5, 5.41) is 8.42. The van der Waals surface area contributed by atoms with Crippen molar-refractivity contribution in [1.29, 1.82) is 0 Å². The molecule has 0 aromatic rings. The van der Waals surface area contributed by atoms with Crippen molar-refractivity contribution in [1.82, 2.24) is 0 Å². The van der Waals surface area contributed by atoms with Crippen LogP contribution in [0.4, 0.5) is 0 Å². The Morgan fingerprint density at radius 3 is 2.91 bits per heavy atom. The molecule has 2 heteroatoms. The maximum absolute atomic E-state index is 8.42. The van der Waals surface area contributed by atoms with E-state index in [0.29, 0.717) is 6.61 Å². The fraction of sp³-hybridized carbons (Fsp3) is 0.556. The molecule has 0 spiro atoms. The van der Waals surface area contributed by atoms with E-state index >= 15 is 0 Å². The van der Waals surface area contributed by atoms with Crippen LogP contribution >= 0.6 is 0 Å². The Morgan fingerprint density at radius 1 is 1.64 bits per heavy atom. The van der Waals surface area contributed by atoms with Gasteiger partial charge < -0.3 is 9.84 Å². The molecule has 0 fully saturated rings. The lowest BCUT2D eigenvalue weighted by atomic mass is 10.3. The molecule has 1 N–H and O–H groups in total. The van der Waals surface area contributed by atoms with Gasteiger partial charge >= 0.3 is 0 Å². The monoisotopic (exact) mass is 154 g/mol. The second-order valence-electron chi connectivity index (χ2n) is 2.05. The molecule has 62 valence electrons. The van der Waals surface area contributed by atoms with Gasteiger partial charge in [0.1, 0.15) is 6.61 Å². The van der Waals surface area contributed by atoms with E-state index in [4.69, 9.17) is 9.84 Å². The minimum atomic E-state index is 0.0306. The van der Waals surface area contributed by atoms with Crippen molar-refractivity contribution in [2.45, 2.75) is 20.0 Å². The highest BCUT2D eigenvalue weighted by Crippen LogP contribution is 1.90. The van der Waals surface area contributed by atoms with Crippen molar-refractivity contribution in [2.24, 2.45) is 0 Å². The van der Waals surface area contributed by atoms with Gasteiger partial charge in [-0.1, -0.05) is 18.1 Å². The van der Waals surface area contributed by atoms with Crippen LogP contribution in [-0.2, 0) is 4.74 Å². The van der Waals surface area contributed by atoms with Crippen LogP contribution in [0.1, 0.15) is 13.8 Å². The highest BCUT2D eigenvalue weighted by Gasteiger charge is 1.91. The van der Waals surface area contributed by atoms with Crippen molar-refractivity contribution in [3.63, 3.8) is 0 Å². The Morgan fingerprint density at radius 2 is 2.36 bits per heavy atom. The first-order valence-corrected chi connectivity index (χ1v) is 3.60. The zero-order valence-corrected chi connectivity index (χ0v) is 7.00. The number of hydrogen-bond donors (Lipinski definition) is 1. The Kier molecular flexibility index (Phi) is 6.81. The molecule has 0 saturated heterocycles. The van der Waals surface area contributed by atoms with Gasteiger partial charge in [-0.25, -0.2) is 0 Å². The largest absolute Gasteiger partial charge is 0.392 e. The van der Waals surface area contributed by atoms with E-state index in [1.807, 2.05) is 6.92 Å². The van der Waals surface area contributed by atoms with Gasteiger partial charge in [0.05, 0.1) is 12.7 Å².